The third-order valence-electron chi connectivity index (χ3n) is 3.91. The highest BCUT2D eigenvalue weighted by Crippen LogP contribution is 2.37. The molecule has 0 amide bonds. The number of carboxylic acid groups (broad SMARTS) is 1. The van der Waals surface area contributed by atoms with Crippen molar-refractivity contribution in [2.45, 2.75) is 51.6 Å². The fraction of sp³-hybridized carbons (Fsp3) is 0.692. The zero-order chi connectivity index (χ0) is 14.0. The summed E-state index contributed by atoms with van der Waals surface area (Å²) in [6, 6.07) is -0.646. The van der Waals surface area contributed by atoms with Gasteiger partial charge in [-0.2, -0.15) is 0 Å². The Morgan fingerprint density at radius 1 is 1.63 bits per heavy atom. The highest BCUT2D eigenvalue weighted by atomic mass is 32.1. The lowest BCUT2D eigenvalue weighted by atomic mass is 9.73. The number of aromatic nitrogens is 1. The van der Waals surface area contributed by atoms with Crippen LogP contribution in [-0.2, 0) is 4.79 Å². The molecule has 0 aromatic carbocycles. The average Bonchev–Trinajstić information content (AvgIpc) is 2.79. The first kappa shape index (κ1) is 14.3. The molecule has 1 saturated carbocycles. The van der Waals surface area contributed by atoms with Crippen LogP contribution >= 0.6 is 11.3 Å². The molecule has 1 aliphatic rings. The second kappa shape index (κ2) is 5.46. The zero-order valence-corrected chi connectivity index (χ0v) is 12.2. The molecule has 0 radical (unpaired) electrons. The van der Waals surface area contributed by atoms with Crippen molar-refractivity contribution < 1.29 is 9.90 Å². The molecule has 0 saturated heterocycles. The van der Waals surface area contributed by atoms with Gasteiger partial charge in [0.25, 0.3) is 0 Å². The first-order valence-corrected chi connectivity index (χ1v) is 7.48. The van der Waals surface area contributed by atoms with Crippen LogP contribution in [0.1, 0.15) is 51.3 Å². The number of hydrogen-bond acceptors (Lipinski definition) is 5. The summed E-state index contributed by atoms with van der Waals surface area (Å²) in [6.07, 6.45) is 4.84. The van der Waals surface area contributed by atoms with E-state index in [1.165, 1.54) is 30.6 Å². The Bertz CT molecular complexity index is 458. The van der Waals surface area contributed by atoms with Crippen LogP contribution in [0.15, 0.2) is 5.38 Å². The van der Waals surface area contributed by atoms with Gasteiger partial charge in [0.2, 0.25) is 0 Å². The van der Waals surface area contributed by atoms with Crippen LogP contribution < -0.4 is 11.1 Å². The topological polar surface area (TPSA) is 88.2 Å². The van der Waals surface area contributed by atoms with Crippen molar-refractivity contribution in [1.82, 2.24) is 4.98 Å². The van der Waals surface area contributed by atoms with Gasteiger partial charge in [0.1, 0.15) is 6.04 Å². The fourth-order valence-electron chi connectivity index (χ4n) is 2.53. The molecule has 5 nitrogen and oxygen atoms in total. The Morgan fingerprint density at radius 2 is 2.37 bits per heavy atom. The van der Waals surface area contributed by atoms with Gasteiger partial charge in [-0.15, -0.1) is 11.3 Å². The first-order valence-electron chi connectivity index (χ1n) is 6.60. The molecule has 0 spiro atoms. The zero-order valence-electron chi connectivity index (χ0n) is 11.3. The largest absolute Gasteiger partial charge is 0.480 e. The van der Waals surface area contributed by atoms with Gasteiger partial charge in [-0.25, -0.2) is 4.98 Å². The number of nitrogens with one attached hydrogen (secondary N) is 1. The maximum atomic E-state index is 10.8. The van der Waals surface area contributed by atoms with Gasteiger partial charge >= 0.3 is 5.97 Å². The monoisotopic (exact) mass is 283 g/mol. The number of aliphatic carboxylic acids is 1. The highest BCUT2D eigenvalue weighted by Gasteiger charge is 2.32. The summed E-state index contributed by atoms with van der Waals surface area (Å²) in [7, 11) is 0. The Hall–Kier alpha value is -1.14. The Morgan fingerprint density at radius 3 is 3.00 bits per heavy atom. The number of hydrogen-bond donors (Lipinski definition) is 3. The summed E-state index contributed by atoms with van der Waals surface area (Å²) in [5.74, 6) is -1.05. The Balaban J connectivity index is 2.05. The van der Waals surface area contributed by atoms with Gasteiger partial charge in [0.05, 0.1) is 5.69 Å². The summed E-state index contributed by atoms with van der Waals surface area (Å²) in [5.41, 5.74) is 6.23. The van der Waals surface area contributed by atoms with E-state index in [1.807, 2.05) is 0 Å². The van der Waals surface area contributed by atoms with Crippen LogP contribution in [0.4, 0.5) is 5.13 Å². The van der Waals surface area contributed by atoms with Crippen molar-refractivity contribution in [1.29, 1.82) is 0 Å². The lowest BCUT2D eigenvalue weighted by Gasteiger charge is -2.39. The molecule has 1 aliphatic carbocycles. The minimum Gasteiger partial charge on any atom is -0.480 e. The SMILES string of the molecule is CC1(C)CCCCC1Nc1nc(C(N)C(=O)O)cs1. The smallest absolute Gasteiger partial charge is 0.326 e. The van der Waals surface area contributed by atoms with Gasteiger partial charge in [-0.1, -0.05) is 26.7 Å². The van der Waals surface area contributed by atoms with E-state index in [-0.39, 0.29) is 5.41 Å². The Labute approximate surface area is 117 Å². The predicted molar refractivity (Wildman–Crippen MR) is 76.3 cm³/mol. The molecule has 0 aliphatic heterocycles. The number of thiazole rings is 1. The maximum absolute atomic E-state index is 10.8. The molecule has 1 aromatic rings. The van der Waals surface area contributed by atoms with Crippen LogP contribution in [-0.4, -0.2) is 22.1 Å². The third kappa shape index (κ3) is 3.25. The standard InChI is InChI=1S/C13H21N3O2S/c1-13(2)6-4-3-5-9(13)16-12-15-8(7-19-12)10(14)11(17)18/h7,9-10H,3-6,14H2,1-2H3,(H,15,16)(H,17,18). The van der Waals surface area contributed by atoms with Crippen molar-refractivity contribution in [3.05, 3.63) is 11.1 Å². The van der Waals surface area contributed by atoms with Crippen LogP contribution in [0.5, 0.6) is 0 Å². The summed E-state index contributed by atoms with van der Waals surface area (Å²) in [4.78, 5) is 15.1. The normalized spacial score (nSPS) is 23.8. The van der Waals surface area contributed by atoms with Crippen molar-refractivity contribution >= 4 is 22.4 Å². The molecule has 2 rings (SSSR count). The van der Waals surface area contributed by atoms with E-state index < -0.39 is 12.0 Å². The van der Waals surface area contributed by atoms with Gasteiger partial charge in [0, 0.05) is 11.4 Å². The molecule has 1 heterocycles. The van der Waals surface area contributed by atoms with Crippen molar-refractivity contribution in [3.63, 3.8) is 0 Å². The number of rotatable bonds is 4. The average molecular weight is 283 g/mol. The minimum absolute atomic E-state index is 0.249. The maximum Gasteiger partial charge on any atom is 0.326 e. The second-order valence-electron chi connectivity index (χ2n) is 5.82. The summed E-state index contributed by atoms with van der Waals surface area (Å²) in [6.45, 7) is 4.53. The van der Waals surface area contributed by atoms with E-state index in [0.717, 1.165) is 11.6 Å². The fourth-order valence-corrected chi connectivity index (χ4v) is 3.33. The second-order valence-corrected chi connectivity index (χ2v) is 6.68. The Kier molecular flexibility index (Phi) is 4.10. The molecular weight excluding hydrogens is 262 g/mol. The van der Waals surface area contributed by atoms with Crippen molar-refractivity contribution in [3.8, 4) is 0 Å². The minimum atomic E-state index is -1.05. The van der Waals surface area contributed by atoms with E-state index in [2.05, 4.69) is 24.1 Å². The summed E-state index contributed by atoms with van der Waals surface area (Å²) in [5, 5.41) is 14.8. The van der Waals surface area contributed by atoms with Crippen LogP contribution in [0.2, 0.25) is 0 Å². The molecule has 4 N–H and O–H groups in total. The molecule has 6 heteroatoms. The van der Waals surface area contributed by atoms with Crippen LogP contribution in [0, 0.1) is 5.41 Å². The number of nitrogens with zero attached hydrogens (tertiary/aromatic N) is 1. The van der Waals surface area contributed by atoms with Crippen LogP contribution in [0.3, 0.4) is 0 Å². The van der Waals surface area contributed by atoms with E-state index in [0.29, 0.717) is 11.7 Å². The molecule has 106 valence electrons. The molecule has 2 unspecified atom stereocenters. The number of carboxylic acids is 1. The number of anilines is 1. The summed E-state index contributed by atoms with van der Waals surface area (Å²) >= 11 is 1.42. The molecule has 2 atom stereocenters. The van der Waals surface area contributed by atoms with Gasteiger partial charge in [0.15, 0.2) is 5.13 Å². The molecular formula is C13H21N3O2S. The number of nitrogens with two attached hydrogens (primary N) is 1. The third-order valence-corrected chi connectivity index (χ3v) is 4.70. The van der Waals surface area contributed by atoms with Gasteiger partial charge in [-0.05, 0) is 18.3 Å². The lowest BCUT2D eigenvalue weighted by molar-refractivity contribution is -0.138. The quantitative estimate of drug-likeness (QED) is 0.790. The lowest BCUT2D eigenvalue weighted by Crippen LogP contribution is -2.38. The number of carbonyl (C=O) groups is 1. The van der Waals surface area contributed by atoms with Gasteiger partial charge in [-0.3, -0.25) is 4.79 Å². The van der Waals surface area contributed by atoms with E-state index in [9.17, 15) is 4.79 Å². The van der Waals surface area contributed by atoms with Crippen molar-refractivity contribution in [2.24, 2.45) is 11.1 Å². The predicted octanol–water partition coefficient (Wildman–Crippen LogP) is 2.61. The molecule has 19 heavy (non-hydrogen) atoms. The van der Waals surface area contributed by atoms with Crippen LogP contribution in [0.25, 0.3) is 0 Å². The molecule has 1 aromatic heterocycles. The van der Waals surface area contributed by atoms with E-state index in [1.54, 1.807) is 5.38 Å². The summed E-state index contributed by atoms with van der Waals surface area (Å²) < 4.78 is 0. The van der Waals surface area contributed by atoms with E-state index >= 15 is 0 Å². The van der Waals surface area contributed by atoms with Gasteiger partial charge < -0.3 is 16.2 Å². The first-order chi connectivity index (χ1) is 8.90. The van der Waals surface area contributed by atoms with Crippen molar-refractivity contribution in [2.75, 3.05) is 5.32 Å². The molecule has 0 bridgehead atoms. The highest BCUT2D eigenvalue weighted by molar-refractivity contribution is 7.13. The molecule has 1 fully saturated rings. The van der Waals surface area contributed by atoms with E-state index in [4.69, 9.17) is 10.8 Å².